The van der Waals surface area contributed by atoms with Gasteiger partial charge in [-0.1, -0.05) is 18.2 Å². The monoisotopic (exact) mass is 364 g/mol. The van der Waals surface area contributed by atoms with Crippen molar-refractivity contribution in [1.29, 1.82) is 0 Å². The van der Waals surface area contributed by atoms with Crippen LogP contribution in [0.5, 0.6) is 5.75 Å². The van der Waals surface area contributed by atoms with E-state index in [1.807, 2.05) is 31.2 Å². The zero-order valence-electron chi connectivity index (χ0n) is 15.1. The lowest BCUT2D eigenvalue weighted by molar-refractivity contribution is -0.122. The summed E-state index contributed by atoms with van der Waals surface area (Å²) in [5.74, 6) is 0.201. The van der Waals surface area contributed by atoms with E-state index in [1.54, 1.807) is 43.3 Å². The maximum absolute atomic E-state index is 12.4. The molecule has 1 aromatic heterocycles. The molecule has 0 aliphatic rings. The van der Waals surface area contributed by atoms with Crippen LogP contribution in [0.3, 0.4) is 0 Å². The second-order valence-electron chi connectivity index (χ2n) is 6.08. The zero-order chi connectivity index (χ0) is 19.2. The van der Waals surface area contributed by atoms with Gasteiger partial charge in [0.05, 0.1) is 6.26 Å². The van der Waals surface area contributed by atoms with Gasteiger partial charge in [0.2, 0.25) is 0 Å². The molecule has 0 spiro atoms. The first kappa shape index (κ1) is 18.3. The molecule has 138 valence electrons. The van der Waals surface area contributed by atoms with Crippen molar-refractivity contribution < 1.29 is 18.7 Å². The number of carbonyl (C=O) groups excluding carboxylic acids is 2. The van der Waals surface area contributed by atoms with Crippen LogP contribution < -0.4 is 15.4 Å². The molecule has 0 aliphatic heterocycles. The molecule has 27 heavy (non-hydrogen) atoms. The molecule has 3 rings (SSSR count). The average molecular weight is 364 g/mol. The van der Waals surface area contributed by atoms with Gasteiger partial charge in [-0.3, -0.25) is 9.59 Å². The van der Waals surface area contributed by atoms with Crippen LogP contribution in [0.15, 0.2) is 71.3 Å². The highest BCUT2D eigenvalue weighted by atomic mass is 16.5. The highest BCUT2D eigenvalue weighted by Crippen LogP contribution is 2.18. The molecule has 3 aromatic rings. The van der Waals surface area contributed by atoms with Crippen molar-refractivity contribution in [3.05, 3.63) is 78.3 Å². The summed E-state index contributed by atoms with van der Waals surface area (Å²) in [5.41, 5.74) is 2.15. The van der Waals surface area contributed by atoms with Crippen LogP contribution in [0.2, 0.25) is 0 Å². The van der Waals surface area contributed by atoms with Crippen molar-refractivity contribution in [1.82, 2.24) is 0 Å². The second kappa shape index (κ2) is 8.23. The smallest absolute Gasteiger partial charge is 0.291 e. The lowest BCUT2D eigenvalue weighted by Crippen LogP contribution is -2.30. The summed E-state index contributed by atoms with van der Waals surface area (Å²) >= 11 is 0. The van der Waals surface area contributed by atoms with Gasteiger partial charge in [0.1, 0.15) is 5.75 Å². The van der Waals surface area contributed by atoms with E-state index >= 15 is 0 Å². The van der Waals surface area contributed by atoms with Gasteiger partial charge in [-0.15, -0.1) is 0 Å². The maximum Gasteiger partial charge on any atom is 0.291 e. The molecular weight excluding hydrogens is 344 g/mol. The van der Waals surface area contributed by atoms with Gasteiger partial charge in [-0.25, -0.2) is 0 Å². The van der Waals surface area contributed by atoms with Crippen molar-refractivity contribution in [2.24, 2.45) is 0 Å². The predicted molar refractivity (Wildman–Crippen MR) is 103 cm³/mol. The molecule has 0 aliphatic carbocycles. The first-order valence-electron chi connectivity index (χ1n) is 8.50. The highest BCUT2D eigenvalue weighted by Gasteiger charge is 2.15. The lowest BCUT2D eigenvalue weighted by Gasteiger charge is -2.15. The number of nitrogens with one attached hydrogen (secondary N) is 2. The minimum absolute atomic E-state index is 0.213. The number of hydrogen-bond acceptors (Lipinski definition) is 4. The van der Waals surface area contributed by atoms with Gasteiger partial charge in [0.15, 0.2) is 11.9 Å². The summed E-state index contributed by atoms with van der Waals surface area (Å²) in [4.78, 5) is 24.4. The summed E-state index contributed by atoms with van der Waals surface area (Å²) in [6.07, 6.45) is 0.759. The molecule has 2 N–H and O–H groups in total. The largest absolute Gasteiger partial charge is 0.481 e. The molecule has 0 radical (unpaired) electrons. The summed E-state index contributed by atoms with van der Waals surface area (Å²) in [6.45, 7) is 3.64. The predicted octanol–water partition coefficient (Wildman–Crippen LogP) is 4.25. The average Bonchev–Trinajstić information content (AvgIpc) is 3.17. The Kier molecular flexibility index (Phi) is 5.56. The van der Waals surface area contributed by atoms with Gasteiger partial charge >= 0.3 is 0 Å². The molecule has 0 fully saturated rings. The van der Waals surface area contributed by atoms with Crippen LogP contribution in [-0.2, 0) is 4.79 Å². The lowest BCUT2D eigenvalue weighted by atomic mass is 10.2. The Hall–Kier alpha value is -3.54. The molecule has 0 bridgehead atoms. The van der Waals surface area contributed by atoms with Crippen LogP contribution in [0, 0.1) is 6.92 Å². The highest BCUT2D eigenvalue weighted by molar-refractivity contribution is 6.02. The number of aryl methyl sites for hydroxylation is 1. The Morgan fingerprint density at radius 3 is 2.41 bits per heavy atom. The van der Waals surface area contributed by atoms with E-state index in [0.717, 1.165) is 5.56 Å². The van der Waals surface area contributed by atoms with E-state index in [1.165, 1.54) is 6.26 Å². The Morgan fingerprint density at radius 2 is 1.70 bits per heavy atom. The Labute approximate surface area is 157 Å². The van der Waals surface area contributed by atoms with Crippen LogP contribution in [0.1, 0.15) is 23.0 Å². The number of anilines is 2. The molecule has 1 unspecified atom stereocenters. The van der Waals surface area contributed by atoms with Crippen LogP contribution in [0.25, 0.3) is 0 Å². The zero-order valence-corrected chi connectivity index (χ0v) is 15.1. The van der Waals surface area contributed by atoms with Gasteiger partial charge in [0, 0.05) is 11.4 Å². The van der Waals surface area contributed by atoms with Crippen molar-refractivity contribution in [2.75, 3.05) is 10.6 Å². The van der Waals surface area contributed by atoms with Crippen LogP contribution in [0.4, 0.5) is 11.4 Å². The third-order valence-corrected chi connectivity index (χ3v) is 3.80. The minimum atomic E-state index is -0.673. The molecule has 1 heterocycles. The second-order valence-corrected chi connectivity index (χ2v) is 6.08. The van der Waals surface area contributed by atoms with Crippen molar-refractivity contribution >= 4 is 23.2 Å². The summed E-state index contributed by atoms with van der Waals surface area (Å²) in [5, 5.41) is 5.50. The van der Waals surface area contributed by atoms with Crippen LogP contribution >= 0.6 is 0 Å². The molecule has 6 heteroatoms. The Balaban J connectivity index is 1.61. The number of benzene rings is 2. The molecule has 6 nitrogen and oxygen atoms in total. The van der Waals surface area contributed by atoms with Crippen molar-refractivity contribution in [3.63, 3.8) is 0 Å². The molecule has 2 aromatic carbocycles. The van der Waals surface area contributed by atoms with E-state index in [9.17, 15) is 9.59 Å². The molecule has 2 amide bonds. The minimum Gasteiger partial charge on any atom is -0.481 e. The molecule has 0 saturated carbocycles. The number of furan rings is 1. The van der Waals surface area contributed by atoms with Crippen LogP contribution in [-0.4, -0.2) is 17.9 Å². The fourth-order valence-corrected chi connectivity index (χ4v) is 2.47. The third-order valence-electron chi connectivity index (χ3n) is 3.80. The fourth-order valence-electron chi connectivity index (χ4n) is 2.47. The van der Waals surface area contributed by atoms with E-state index in [-0.39, 0.29) is 17.6 Å². The van der Waals surface area contributed by atoms with Gasteiger partial charge in [-0.2, -0.15) is 0 Å². The maximum atomic E-state index is 12.4. The van der Waals surface area contributed by atoms with E-state index in [2.05, 4.69) is 10.6 Å². The fraction of sp³-hybridized carbons (Fsp3) is 0.143. The Morgan fingerprint density at radius 1 is 0.963 bits per heavy atom. The molecule has 0 saturated heterocycles. The number of carbonyl (C=O) groups is 2. The van der Waals surface area contributed by atoms with E-state index < -0.39 is 6.10 Å². The first-order valence-corrected chi connectivity index (χ1v) is 8.50. The number of rotatable bonds is 6. The quantitative estimate of drug-likeness (QED) is 0.685. The topological polar surface area (TPSA) is 80.6 Å². The van der Waals surface area contributed by atoms with Crippen molar-refractivity contribution in [3.8, 4) is 5.75 Å². The van der Waals surface area contributed by atoms with Gasteiger partial charge < -0.3 is 19.8 Å². The Bertz CT molecular complexity index is 935. The summed E-state index contributed by atoms with van der Waals surface area (Å²) in [7, 11) is 0. The molecule has 1 atom stereocenters. The molecular formula is C21H20N2O4. The van der Waals surface area contributed by atoms with Gasteiger partial charge in [0.25, 0.3) is 11.8 Å². The van der Waals surface area contributed by atoms with Crippen molar-refractivity contribution in [2.45, 2.75) is 20.0 Å². The first-order chi connectivity index (χ1) is 13.0. The third kappa shape index (κ3) is 4.98. The van der Waals surface area contributed by atoms with E-state index in [4.69, 9.17) is 9.15 Å². The normalized spacial score (nSPS) is 11.5. The number of amides is 2. The van der Waals surface area contributed by atoms with E-state index in [0.29, 0.717) is 17.1 Å². The van der Waals surface area contributed by atoms with Gasteiger partial charge in [-0.05, 0) is 61.9 Å². The summed E-state index contributed by atoms with van der Waals surface area (Å²) < 4.78 is 10.7. The number of ether oxygens (including phenoxy) is 1. The number of hydrogen-bond donors (Lipinski definition) is 2. The summed E-state index contributed by atoms with van der Waals surface area (Å²) in [6, 6.07) is 17.6. The standard InChI is InChI=1S/C21H20N2O4/c1-14-6-3-9-18(12-14)27-15(2)20(24)22-16-7-4-8-17(13-16)23-21(25)19-10-5-11-26-19/h3-13,15H,1-2H3,(H,22,24)(H,23,25). The SMILES string of the molecule is Cc1cccc(OC(C)C(=O)Nc2cccc(NC(=O)c3ccco3)c2)c1.